The van der Waals surface area contributed by atoms with Crippen molar-refractivity contribution in [3.8, 4) is 0 Å². The third-order valence-electron chi connectivity index (χ3n) is 4.45. The van der Waals surface area contributed by atoms with E-state index < -0.39 is 21.7 Å². The molecular weight excluding hydrogens is 415 g/mol. The molecule has 0 saturated carbocycles. The van der Waals surface area contributed by atoms with Crippen molar-refractivity contribution in [2.45, 2.75) is 18.7 Å². The van der Waals surface area contributed by atoms with Gasteiger partial charge in [-0.1, -0.05) is 35.9 Å². The predicted molar refractivity (Wildman–Crippen MR) is 113 cm³/mol. The van der Waals surface area contributed by atoms with Crippen LogP contribution in [0.1, 0.15) is 21.5 Å². The van der Waals surface area contributed by atoms with Gasteiger partial charge in [0.2, 0.25) is 0 Å². The number of hydrogen-bond donors (Lipinski definition) is 2. The van der Waals surface area contributed by atoms with Gasteiger partial charge in [0.1, 0.15) is 10.7 Å². The van der Waals surface area contributed by atoms with Crippen molar-refractivity contribution in [1.29, 1.82) is 0 Å². The molecule has 0 aromatic heterocycles. The lowest BCUT2D eigenvalue weighted by molar-refractivity contribution is 0.102. The first-order chi connectivity index (χ1) is 13.7. The lowest BCUT2D eigenvalue weighted by Crippen LogP contribution is -2.17. The van der Waals surface area contributed by atoms with Gasteiger partial charge in [0, 0.05) is 5.56 Å². The van der Waals surface area contributed by atoms with E-state index in [2.05, 4.69) is 10.0 Å². The molecule has 2 N–H and O–H groups in total. The highest BCUT2D eigenvalue weighted by atomic mass is 35.5. The van der Waals surface area contributed by atoms with Crippen LogP contribution in [0.15, 0.2) is 65.6 Å². The largest absolute Gasteiger partial charge is 0.319 e. The molecule has 0 radical (unpaired) electrons. The zero-order chi connectivity index (χ0) is 21.2. The zero-order valence-corrected chi connectivity index (χ0v) is 17.2. The molecule has 1 amide bonds. The third kappa shape index (κ3) is 4.58. The third-order valence-corrected chi connectivity index (χ3v) is 6.30. The highest BCUT2D eigenvalue weighted by molar-refractivity contribution is 7.92. The molecule has 0 heterocycles. The Morgan fingerprint density at radius 3 is 2.38 bits per heavy atom. The Hall–Kier alpha value is -2.90. The molecule has 3 aromatic rings. The quantitative estimate of drug-likeness (QED) is 0.585. The van der Waals surface area contributed by atoms with E-state index in [1.54, 1.807) is 25.1 Å². The number of hydrogen-bond acceptors (Lipinski definition) is 3. The molecule has 0 spiro atoms. The monoisotopic (exact) mass is 432 g/mol. The van der Waals surface area contributed by atoms with Gasteiger partial charge in [0.25, 0.3) is 15.9 Å². The minimum absolute atomic E-state index is 0.00892. The Morgan fingerprint density at radius 2 is 1.66 bits per heavy atom. The number of carbonyl (C=O) groups is 1. The fraction of sp³-hybridized carbons (Fsp3) is 0.0952. The van der Waals surface area contributed by atoms with E-state index in [0.717, 1.165) is 17.2 Å². The van der Waals surface area contributed by atoms with Crippen LogP contribution in [0.5, 0.6) is 0 Å². The smallest absolute Gasteiger partial charge is 0.263 e. The second kappa shape index (κ2) is 8.23. The number of halogens is 2. The number of rotatable bonds is 5. The summed E-state index contributed by atoms with van der Waals surface area (Å²) < 4.78 is 42.0. The van der Waals surface area contributed by atoms with Gasteiger partial charge in [0.05, 0.1) is 16.4 Å². The molecule has 8 heteroatoms. The summed E-state index contributed by atoms with van der Waals surface area (Å²) in [7, 11) is -4.06. The lowest BCUT2D eigenvalue weighted by Gasteiger charge is -2.14. The molecule has 0 aliphatic carbocycles. The summed E-state index contributed by atoms with van der Waals surface area (Å²) in [5.74, 6) is -1.26. The number of sulfonamides is 1. The van der Waals surface area contributed by atoms with Gasteiger partial charge in [0.15, 0.2) is 0 Å². The number of nitrogens with one attached hydrogen (secondary N) is 2. The van der Waals surface area contributed by atoms with Crippen molar-refractivity contribution in [3.05, 3.63) is 88.2 Å². The van der Waals surface area contributed by atoms with Crippen LogP contribution in [0.4, 0.5) is 15.8 Å². The fourth-order valence-electron chi connectivity index (χ4n) is 2.67. The number of carbonyl (C=O) groups excluding carboxylic acids is 1. The molecule has 3 rings (SSSR count). The van der Waals surface area contributed by atoms with E-state index in [1.165, 1.54) is 30.3 Å². The van der Waals surface area contributed by atoms with Crippen molar-refractivity contribution in [1.82, 2.24) is 0 Å². The highest BCUT2D eigenvalue weighted by Gasteiger charge is 2.21. The highest BCUT2D eigenvalue weighted by Crippen LogP contribution is 2.27. The van der Waals surface area contributed by atoms with Gasteiger partial charge in [-0.2, -0.15) is 0 Å². The molecule has 5 nitrogen and oxygen atoms in total. The first-order valence-corrected chi connectivity index (χ1v) is 10.5. The minimum atomic E-state index is -4.06. The second-order valence-electron chi connectivity index (χ2n) is 6.43. The Bertz CT molecular complexity index is 1200. The predicted octanol–water partition coefficient (Wildman–Crippen LogP) is 5.15. The van der Waals surface area contributed by atoms with E-state index in [1.807, 2.05) is 13.0 Å². The molecule has 0 fully saturated rings. The topological polar surface area (TPSA) is 75.3 Å². The van der Waals surface area contributed by atoms with Crippen LogP contribution in [-0.2, 0) is 10.0 Å². The average molecular weight is 433 g/mol. The zero-order valence-electron chi connectivity index (χ0n) is 15.7. The molecule has 3 aromatic carbocycles. The van der Waals surface area contributed by atoms with Gasteiger partial charge in [-0.3, -0.25) is 9.52 Å². The number of amides is 1. The maximum absolute atomic E-state index is 13.8. The van der Waals surface area contributed by atoms with Crippen LogP contribution in [0.2, 0.25) is 5.02 Å². The van der Waals surface area contributed by atoms with Gasteiger partial charge >= 0.3 is 0 Å². The molecule has 0 aliphatic heterocycles. The van der Waals surface area contributed by atoms with Crippen LogP contribution in [0.3, 0.4) is 0 Å². The standard InChI is InChI=1S/C21H18ClFN2O3S/c1-13-6-5-9-18(14(13)2)25-29(27,28)20-12-15(10-11-16(20)22)21(26)24-19-8-4-3-7-17(19)23/h3-12,25H,1-2H3,(H,24,26). The summed E-state index contributed by atoms with van der Waals surface area (Å²) in [5, 5.41) is 2.38. The molecule has 0 bridgehead atoms. The van der Waals surface area contributed by atoms with Crippen LogP contribution >= 0.6 is 11.6 Å². The van der Waals surface area contributed by atoms with Crippen molar-refractivity contribution >= 4 is 38.9 Å². The van der Waals surface area contributed by atoms with Crippen molar-refractivity contribution in [3.63, 3.8) is 0 Å². The Morgan fingerprint density at radius 1 is 0.966 bits per heavy atom. The van der Waals surface area contributed by atoms with Crippen LogP contribution in [0.25, 0.3) is 0 Å². The van der Waals surface area contributed by atoms with Gasteiger partial charge in [-0.05, 0) is 61.4 Å². The average Bonchev–Trinajstić information content (AvgIpc) is 2.67. The summed E-state index contributed by atoms with van der Waals surface area (Å²) in [4.78, 5) is 12.2. The van der Waals surface area contributed by atoms with Gasteiger partial charge in [-0.25, -0.2) is 12.8 Å². The fourth-order valence-corrected chi connectivity index (χ4v) is 4.32. The Labute approximate surface area is 173 Å². The number of benzene rings is 3. The van der Waals surface area contributed by atoms with E-state index in [4.69, 9.17) is 11.6 Å². The van der Waals surface area contributed by atoms with Gasteiger partial charge in [-0.15, -0.1) is 0 Å². The van der Waals surface area contributed by atoms with Crippen molar-refractivity contribution in [2.75, 3.05) is 10.0 Å². The minimum Gasteiger partial charge on any atom is -0.319 e. The first kappa shape index (κ1) is 20.8. The molecule has 0 aliphatic rings. The summed E-state index contributed by atoms with van der Waals surface area (Å²) in [6.07, 6.45) is 0. The molecular formula is C21H18ClFN2O3S. The lowest BCUT2D eigenvalue weighted by atomic mass is 10.1. The van der Waals surface area contributed by atoms with Crippen LogP contribution < -0.4 is 10.0 Å². The number of anilines is 2. The van der Waals surface area contributed by atoms with E-state index in [0.29, 0.717) is 5.69 Å². The van der Waals surface area contributed by atoms with Crippen molar-refractivity contribution < 1.29 is 17.6 Å². The number of aryl methyl sites for hydroxylation is 1. The summed E-state index contributed by atoms with van der Waals surface area (Å²) >= 11 is 6.10. The van der Waals surface area contributed by atoms with E-state index >= 15 is 0 Å². The van der Waals surface area contributed by atoms with Crippen LogP contribution in [-0.4, -0.2) is 14.3 Å². The summed E-state index contributed by atoms with van der Waals surface area (Å²) in [5.41, 5.74) is 2.14. The molecule has 29 heavy (non-hydrogen) atoms. The number of para-hydroxylation sites is 1. The normalized spacial score (nSPS) is 11.2. The van der Waals surface area contributed by atoms with Crippen molar-refractivity contribution in [2.24, 2.45) is 0 Å². The molecule has 0 saturated heterocycles. The van der Waals surface area contributed by atoms with E-state index in [-0.39, 0.29) is 21.2 Å². The second-order valence-corrected chi connectivity index (χ2v) is 8.49. The maximum atomic E-state index is 13.8. The summed E-state index contributed by atoms with van der Waals surface area (Å²) in [6.45, 7) is 3.67. The summed E-state index contributed by atoms with van der Waals surface area (Å²) in [6, 6.07) is 14.8. The Balaban J connectivity index is 1.93. The van der Waals surface area contributed by atoms with Gasteiger partial charge < -0.3 is 5.32 Å². The molecule has 0 atom stereocenters. The van der Waals surface area contributed by atoms with E-state index in [9.17, 15) is 17.6 Å². The SMILES string of the molecule is Cc1cccc(NS(=O)(=O)c2cc(C(=O)Nc3ccccc3F)ccc2Cl)c1C. The van der Waals surface area contributed by atoms with Crippen LogP contribution in [0, 0.1) is 19.7 Å². The molecule has 0 unspecified atom stereocenters. The molecule has 150 valence electrons. The Kier molecular flexibility index (Phi) is 5.91. The maximum Gasteiger partial charge on any atom is 0.263 e. The first-order valence-electron chi connectivity index (χ1n) is 8.63.